The minimum Gasteiger partial charge on any atom is -0.453 e. The molecule has 6 nitrogen and oxygen atoms in total. The normalized spacial score (nSPS) is 10.4. The lowest BCUT2D eigenvalue weighted by molar-refractivity contribution is -0.114. The van der Waals surface area contributed by atoms with Crippen LogP contribution in [0, 0.1) is 0 Å². The average Bonchev–Trinajstić information content (AvgIpc) is 3.16. The van der Waals surface area contributed by atoms with E-state index in [4.69, 9.17) is 16.3 Å². The zero-order valence-corrected chi connectivity index (χ0v) is 16.3. The number of benzene rings is 2. The van der Waals surface area contributed by atoms with E-state index in [1.165, 1.54) is 18.3 Å². The summed E-state index contributed by atoms with van der Waals surface area (Å²) < 4.78 is 5.07. The fourth-order valence-corrected chi connectivity index (χ4v) is 3.33. The van der Waals surface area contributed by atoms with Crippen LogP contribution in [0.2, 0.25) is 5.02 Å². The quantitative estimate of drug-likeness (QED) is 0.475. The molecule has 28 heavy (non-hydrogen) atoms. The summed E-state index contributed by atoms with van der Waals surface area (Å²) in [5.74, 6) is -1.23. The van der Waals surface area contributed by atoms with Crippen LogP contribution < -0.4 is 5.32 Å². The standard InChI is InChI=1S/C20H15ClN2O4S/c1-12(24)22-16-7-5-13(6-8-16)18(25)10-27-20(26)17-11-28-19(23-17)14-3-2-4-15(21)9-14/h2-9,11H,10H2,1H3,(H,22,24). The molecule has 0 fully saturated rings. The van der Waals surface area contributed by atoms with Crippen LogP contribution in [0.4, 0.5) is 5.69 Å². The number of nitrogens with zero attached hydrogens (tertiary/aromatic N) is 1. The Morgan fingerprint density at radius 1 is 1.14 bits per heavy atom. The van der Waals surface area contributed by atoms with Crippen molar-refractivity contribution in [2.24, 2.45) is 0 Å². The van der Waals surface area contributed by atoms with Crippen LogP contribution in [0.3, 0.4) is 0 Å². The second-order valence-corrected chi connectivity index (χ2v) is 7.10. The molecule has 1 N–H and O–H groups in total. The van der Waals surface area contributed by atoms with E-state index in [2.05, 4.69) is 10.3 Å². The summed E-state index contributed by atoms with van der Waals surface area (Å²) >= 11 is 7.26. The molecular weight excluding hydrogens is 400 g/mol. The fourth-order valence-electron chi connectivity index (χ4n) is 2.35. The van der Waals surface area contributed by atoms with E-state index in [9.17, 15) is 14.4 Å². The molecule has 2 aromatic carbocycles. The predicted octanol–water partition coefficient (Wildman–Crippen LogP) is 4.46. The summed E-state index contributed by atoms with van der Waals surface area (Å²) in [5.41, 5.74) is 1.89. The van der Waals surface area contributed by atoms with E-state index in [1.807, 2.05) is 6.07 Å². The van der Waals surface area contributed by atoms with Crippen LogP contribution in [0.25, 0.3) is 10.6 Å². The van der Waals surface area contributed by atoms with Gasteiger partial charge in [-0.05, 0) is 36.4 Å². The second-order valence-electron chi connectivity index (χ2n) is 5.81. The van der Waals surface area contributed by atoms with Gasteiger partial charge in [-0.15, -0.1) is 11.3 Å². The maximum atomic E-state index is 12.2. The van der Waals surface area contributed by atoms with Crippen molar-refractivity contribution in [2.45, 2.75) is 6.92 Å². The SMILES string of the molecule is CC(=O)Nc1ccc(C(=O)COC(=O)c2csc(-c3cccc(Cl)c3)n2)cc1. The number of anilines is 1. The number of carbonyl (C=O) groups is 3. The van der Waals surface area contributed by atoms with E-state index < -0.39 is 12.6 Å². The van der Waals surface area contributed by atoms with Gasteiger partial charge in [0.15, 0.2) is 18.1 Å². The Morgan fingerprint density at radius 3 is 2.57 bits per heavy atom. The largest absolute Gasteiger partial charge is 0.453 e. The Hall–Kier alpha value is -3.03. The number of thiazole rings is 1. The van der Waals surface area contributed by atoms with E-state index in [0.29, 0.717) is 21.3 Å². The number of ketones is 1. The highest BCUT2D eigenvalue weighted by Gasteiger charge is 2.16. The molecule has 0 radical (unpaired) electrons. The van der Waals surface area contributed by atoms with E-state index >= 15 is 0 Å². The van der Waals surface area contributed by atoms with E-state index in [0.717, 1.165) is 5.56 Å². The molecule has 0 saturated carbocycles. The number of halogens is 1. The number of aromatic nitrogens is 1. The van der Waals surface area contributed by atoms with Crippen molar-refractivity contribution in [1.29, 1.82) is 0 Å². The van der Waals surface area contributed by atoms with Crippen molar-refractivity contribution in [1.82, 2.24) is 4.98 Å². The first-order valence-corrected chi connectivity index (χ1v) is 9.47. The molecule has 1 aromatic heterocycles. The van der Waals surface area contributed by atoms with Crippen molar-refractivity contribution >= 4 is 46.3 Å². The van der Waals surface area contributed by atoms with Crippen LogP contribution in [0.5, 0.6) is 0 Å². The first kappa shape index (κ1) is 19.7. The van der Waals surface area contributed by atoms with Crippen molar-refractivity contribution < 1.29 is 19.1 Å². The van der Waals surface area contributed by atoms with Crippen molar-refractivity contribution in [3.63, 3.8) is 0 Å². The minimum absolute atomic E-state index is 0.133. The van der Waals surface area contributed by atoms with Crippen molar-refractivity contribution in [2.75, 3.05) is 11.9 Å². The molecule has 0 spiro atoms. The number of hydrogen-bond acceptors (Lipinski definition) is 6. The Balaban J connectivity index is 1.59. The molecule has 8 heteroatoms. The summed E-state index contributed by atoms with van der Waals surface area (Å²) in [6.07, 6.45) is 0. The van der Waals surface area contributed by atoms with Gasteiger partial charge in [-0.2, -0.15) is 0 Å². The molecule has 142 valence electrons. The summed E-state index contributed by atoms with van der Waals surface area (Å²) in [7, 11) is 0. The number of nitrogens with one attached hydrogen (secondary N) is 1. The predicted molar refractivity (Wildman–Crippen MR) is 108 cm³/mol. The maximum absolute atomic E-state index is 12.2. The molecular formula is C20H15ClN2O4S. The van der Waals surface area contributed by atoms with Crippen LogP contribution in [-0.4, -0.2) is 29.3 Å². The van der Waals surface area contributed by atoms with E-state index in [-0.39, 0.29) is 17.4 Å². The highest BCUT2D eigenvalue weighted by Crippen LogP contribution is 2.26. The van der Waals surface area contributed by atoms with Crippen molar-refractivity contribution in [3.8, 4) is 10.6 Å². The van der Waals surface area contributed by atoms with Gasteiger partial charge in [-0.25, -0.2) is 9.78 Å². The number of rotatable bonds is 6. The third-order valence-corrected chi connectivity index (χ3v) is 4.77. The first-order valence-electron chi connectivity index (χ1n) is 8.22. The lowest BCUT2D eigenvalue weighted by atomic mass is 10.1. The lowest BCUT2D eigenvalue weighted by Crippen LogP contribution is -2.14. The average molecular weight is 415 g/mol. The number of carbonyl (C=O) groups excluding carboxylic acids is 3. The molecule has 0 aliphatic carbocycles. The number of ether oxygens (including phenoxy) is 1. The van der Waals surface area contributed by atoms with Gasteiger partial charge in [-0.3, -0.25) is 9.59 Å². The number of amides is 1. The maximum Gasteiger partial charge on any atom is 0.358 e. The Kier molecular flexibility index (Phi) is 6.18. The zero-order chi connectivity index (χ0) is 20.1. The smallest absolute Gasteiger partial charge is 0.358 e. The van der Waals surface area contributed by atoms with Gasteiger partial charge in [0, 0.05) is 34.1 Å². The molecule has 0 atom stereocenters. The fraction of sp³-hybridized carbons (Fsp3) is 0.100. The van der Waals surface area contributed by atoms with Crippen LogP contribution in [0.1, 0.15) is 27.8 Å². The Morgan fingerprint density at radius 2 is 1.89 bits per heavy atom. The molecule has 0 bridgehead atoms. The highest BCUT2D eigenvalue weighted by atomic mass is 35.5. The molecule has 0 unspecified atom stereocenters. The third-order valence-electron chi connectivity index (χ3n) is 3.65. The Labute approximate surface area is 170 Å². The summed E-state index contributed by atoms with van der Waals surface area (Å²) in [6.45, 7) is 0.997. The van der Waals surface area contributed by atoms with Gasteiger partial charge < -0.3 is 10.1 Å². The topological polar surface area (TPSA) is 85.4 Å². The van der Waals surface area contributed by atoms with Gasteiger partial charge in [0.25, 0.3) is 0 Å². The van der Waals surface area contributed by atoms with Gasteiger partial charge >= 0.3 is 5.97 Å². The van der Waals surface area contributed by atoms with Crippen LogP contribution in [-0.2, 0) is 9.53 Å². The first-order chi connectivity index (χ1) is 13.4. The van der Waals surface area contributed by atoms with Crippen LogP contribution >= 0.6 is 22.9 Å². The summed E-state index contributed by atoms with van der Waals surface area (Å²) in [6, 6.07) is 13.5. The molecule has 1 heterocycles. The third kappa shape index (κ3) is 5.03. The van der Waals surface area contributed by atoms with Gasteiger partial charge in [0.05, 0.1) is 0 Å². The Bertz CT molecular complexity index is 1030. The number of esters is 1. The molecule has 3 aromatic rings. The highest BCUT2D eigenvalue weighted by molar-refractivity contribution is 7.13. The lowest BCUT2D eigenvalue weighted by Gasteiger charge is -2.05. The summed E-state index contributed by atoms with van der Waals surface area (Å²) in [5, 5.41) is 5.40. The van der Waals surface area contributed by atoms with E-state index in [1.54, 1.807) is 47.8 Å². The molecule has 1 amide bonds. The van der Waals surface area contributed by atoms with Gasteiger partial charge in [0.1, 0.15) is 5.01 Å². The number of hydrogen-bond donors (Lipinski definition) is 1. The van der Waals surface area contributed by atoms with Gasteiger partial charge in [-0.1, -0.05) is 23.7 Å². The molecule has 0 aliphatic rings. The van der Waals surface area contributed by atoms with Gasteiger partial charge in [0.2, 0.25) is 5.91 Å². The second kappa shape index (κ2) is 8.77. The molecule has 0 saturated heterocycles. The number of Topliss-reactive ketones (excluding diaryl/α,β-unsaturated/α-hetero) is 1. The monoisotopic (exact) mass is 414 g/mol. The molecule has 0 aliphatic heterocycles. The summed E-state index contributed by atoms with van der Waals surface area (Å²) in [4.78, 5) is 39.6. The molecule has 3 rings (SSSR count). The zero-order valence-electron chi connectivity index (χ0n) is 14.8. The van der Waals surface area contributed by atoms with Crippen LogP contribution in [0.15, 0.2) is 53.9 Å². The minimum atomic E-state index is -0.673. The van der Waals surface area contributed by atoms with Crippen molar-refractivity contribution in [3.05, 3.63) is 70.2 Å².